The first-order chi connectivity index (χ1) is 55.9. The summed E-state index contributed by atoms with van der Waals surface area (Å²) in [4.78, 5) is 0. The molecule has 0 fully saturated rings. The predicted octanol–water partition coefficient (Wildman–Crippen LogP) is 18.4. The van der Waals surface area contributed by atoms with Crippen LogP contribution in [0.3, 0.4) is 0 Å². The fraction of sp³-hybridized carbons (Fsp3) is 1.00. The van der Waals surface area contributed by atoms with E-state index in [9.17, 15) is 0 Å². The van der Waals surface area contributed by atoms with E-state index in [1.807, 2.05) is 287 Å². The molecule has 0 radical (unpaired) electrons. The third kappa shape index (κ3) is 98.0. The molecule has 119 heavy (non-hydrogen) atoms. The summed E-state index contributed by atoms with van der Waals surface area (Å²) < 4.78 is 173. The van der Waals surface area contributed by atoms with E-state index in [1.54, 1.807) is 0 Å². The molecule has 736 valence electrons. The van der Waals surface area contributed by atoms with Crippen molar-refractivity contribution < 1.29 is 142 Å². The highest BCUT2D eigenvalue weighted by Crippen LogP contribution is 2.16. The van der Waals surface area contributed by atoms with E-state index in [4.69, 9.17) is 142 Å². The van der Waals surface area contributed by atoms with Crippen LogP contribution >= 0.6 is 0 Å². The maximum Gasteiger partial charge on any atom is 0.497 e. The van der Waals surface area contributed by atoms with E-state index >= 15 is 0 Å². The minimum absolute atomic E-state index is 0.655. The summed E-state index contributed by atoms with van der Waals surface area (Å²) in [6.45, 7) is 107. The standard InChI is InChI=1S/10C7H18O3Si.C6H16O2Si/c10*1-5-8-11(4,9-6-2)10-7-3;1-5-7-9(3,4)8-6-2/h10*5-7H2,1-4H3;5-6H2,1-4H3. The molecule has 0 N–H and O–H groups in total. The predicted molar refractivity (Wildman–Crippen MR) is 506 cm³/mol. The lowest BCUT2D eigenvalue weighted by Crippen LogP contribution is -2.42. The Morgan fingerprint density at radius 3 is 0.160 bits per heavy atom. The smallest absolute Gasteiger partial charge is 0.395 e. The second-order valence-electron chi connectivity index (χ2n) is 23.9. The van der Waals surface area contributed by atoms with Crippen molar-refractivity contribution in [1.82, 2.24) is 0 Å². The van der Waals surface area contributed by atoms with Gasteiger partial charge in [0.25, 0.3) is 0 Å². The Bertz CT molecular complexity index is 1370. The molecule has 0 aliphatic carbocycles. The van der Waals surface area contributed by atoms with Gasteiger partial charge in [-0.3, -0.25) is 0 Å². The molecule has 0 saturated carbocycles. The molecule has 0 heterocycles. The average molecular weight is 1930 g/mol. The van der Waals surface area contributed by atoms with Crippen LogP contribution in [0.5, 0.6) is 0 Å². The summed E-state index contributed by atoms with van der Waals surface area (Å²) in [6, 6.07) is 0. The quantitative estimate of drug-likeness (QED) is 0.0511. The van der Waals surface area contributed by atoms with Crippen molar-refractivity contribution in [3.05, 3.63) is 0 Å². The van der Waals surface area contributed by atoms with E-state index < -0.39 is 96.6 Å². The van der Waals surface area contributed by atoms with Crippen molar-refractivity contribution in [2.24, 2.45) is 0 Å². The number of hydrogen-bond donors (Lipinski definition) is 0. The van der Waals surface area contributed by atoms with Crippen molar-refractivity contribution >= 4 is 96.6 Å². The van der Waals surface area contributed by atoms with Crippen molar-refractivity contribution in [2.45, 2.75) is 300 Å². The zero-order chi connectivity index (χ0) is 94.8. The molecule has 0 amide bonds. The first-order valence-electron chi connectivity index (χ1n) is 44.4. The fourth-order valence-corrected chi connectivity index (χ4v) is 29.6. The molecule has 0 spiro atoms. The SMILES string of the molecule is CCO[Si](C)(C)OCC.CCO[Si](C)(OCC)OCC.CCO[Si](C)(OCC)OCC.CCO[Si](C)(OCC)OCC.CCO[Si](C)(OCC)OCC.CCO[Si](C)(OCC)OCC.CCO[Si](C)(OCC)OCC.CCO[Si](C)(OCC)OCC.CCO[Si](C)(OCC)OCC.CCO[Si](C)(OCC)OCC.CCO[Si](C)(OCC)OCC. The summed E-state index contributed by atoms with van der Waals surface area (Å²) >= 11 is 0. The molecule has 0 aliphatic heterocycles. The molecule has 0 aromatic rings. The first kappa shape index (κ1) is 143. The van der Waals surface area contributed by atoms with Gasteiger partial charge in [0.1, 0.15) is 0 Å². The van der Waals surface area contributed by atoms with Gasteiger partial charge in [-0.1, -0.05) is 0 Å². The minimum Gasteiger partial charge on any atom is -0.395 e. The zero-order valence-corrected chi connectivity index (χ0v) is 96.2. The lowest BCUT2D eigenvalue weighted by molar-refractivity contribution is 0.0774. The van der Waals surface area contributed by atoms with Crippen LogP contribution in [-0.4, -0.2) is 308 Å². The summed E-state index contributed by atoms with van der Waals surface area (Å²) in [5.41, 5.74) is 0. The summed E-state index contributed by atoms with van der Waals surface area (Å²) in [6.07, 6.45) is 0. The highest BCUT2D eigenvalue weighted by molar-refractivity contribution is 6.65. The molecule has 0 bridgehead atoms. The Morgan fingerprint density at radius 2 is 0.126 bits per heavy atom. The molecule has 0 aliphatic rings. The van der Waals surface area contributed by atoms with Gasteiger partial charge < -0.3 is 142 Å². The van der Waals surface area contributed by atoms with E-state index in [-0.39, 0.29) is 0 Å². The van der Waals surface area contributed by atoms with Crippen LogP contribution < -0.4 is 0 Å². The molecular weight excluding hydrogens is 1730 g/mol. The molecule has 0 rings (SSSR count). The Balaban J connectivity index is -0.000000120. The first-order valence-corrected chi connectivity index (χ1v) is 69.5. The summed E-state index contributed by atoms with van der Waals surface area (Å²) in [5, 5.41) is 0. The largest absolute Gasteiger partial charge is 0.497 e. The van der Waals surface area contributed by atoms with Crippen LogP contribution in [0.15, 0.2) is 0 Å². The molecule has 0 atom stereocenters. The van der Waals surface area contributed by atoms with Gasteiger partial charge in [0, 0.05) is 277 Å². The molecular formula is C76H196O32Si11. The van der Waals surface area contributed by atoms with Crippen LogP contribution in [0.2, 0.25) is 78.6 Å². The molecule has 32 nitrogen and oxygen atoms in total. The number of hydrogen-bond acceptors (Lipinski definition) is 32. The van der Waals surface area contributed by atoms with Crippen LogP contribution in [-0.2, 0) is 142 Å². The van der Waals surface area contributed by atoms with Gasteiger partial charge >= 0.3 is 96.6 Å². The van der Waals surface area contributed by atoms with Crippen molar-refractivity contribution in [2.75, 3.05) is 211 Å². The fourth-order valence-electron chi connectivity index (χ4n) is 9.85. The highest BCUT2D eigenvalue weighted by Gasteiger charge is 2.40. The Kier molecular flexibility index (Phi) is 116. The van der Waals surface area contributed by atoms with Gasteiger partial charge in [-0.2, -0.15) is 0 Å². The summed E-state index contributed by atoms with van der Waals surface area (Å²) in [7, 11) is -24.2. The van der Waals surface area contributed by atoms with E-state index in [0.717, 1.165) is 13.2 Å². The lowest BCUT2D eigenvalue weighted by Gasteiger charge is -2.23. The van der Waals surface area contributed by atoms with Crippen LogP contribution in [0.4, 0.5) is 0 Å². The van der Waals surface area contributed by atoms with E-state index in [0.29, 0.717) is 198 Å². The Hall–Kier alpha value is 1.11. The van der Waals surface area contributed by atoms with Crippen molar-refractivity contribution in [3.8, 4) is 0 Å². The molecule has 0 unspecified atom stereocenters. The zero-order valence-electron chi connectivity index (χ0n) is 85.2. The van der Waals surface area contributed by atoms with Gasteiger partial charge in [-0.25, -0.2) is 0 Å². The molecule has 43 heteroatoms. The van der Waals surface area contributed by atoms with E-state index in [2.05, 4.69) is 13.1 Å². The van der Waals surface area contributed by atoms with Gasteiger partial charge in [0.05, 0.1) is 0 Å². The van der Waals surface area contributed by atoms with Gasteiger partial charge in [0.15, 0.2) is 0 Å². The maximum atomic E-state index is 5.40. The van der Waals surface area contributed by atoms with E-state index in [1.165, 1.54) is 0 Å². The van der Waals surface area contributed by atoms with Crippen LogP contribution in [0.1, 0.15) is 222 Å². The van der Waals surface area contributed by atoms with Crippen LogP contribution in [0.25, 0.3) is 0 Å². The topological polar surface area (TPSA) is 295 Å². The van der Waals surface area contributed by atoms with Gasteiger partial charge in [0.2, 0.25) is 0 Å². The minimum atomic E-state index is -2.25. The van der Waals surface area contributed by atoms with Crippen LogP contribution in [0, 0.1) is 0 Å². The second-order valence-corrected chi connectivity index (χ2v) is 53.2. The normalized spacial score (nSPS) is 12.0. The van der Waals surface area contributed by atoms with Gasteiger partial charge in [-0.05, 0) is 235 Å². The molecule has 0 saturated heterocycles. The summed E-state index contributed by atoms with van der Waals surface area (Å²) in [5.74, 6) is 0. The highest BCUT2D eigenvalue weighted by atomic mass is 28.4. The molecule has 0 aromatic heterocycles. The second kappa shape index (κ2) is 96.7. The Labute approximate surface area is 745 Å². The third-order valence-electron chi connectivity index (χ3n) is 13.2. The van der Waals surface area contributed by atoms with Gasteiger partial charge in [-0.15, -0.1) is 0 Å². The molecule has 0 aromatic carbocycles. The van der Waals surface area contributed by atoms with Crippen molar-refractivity contribution in [3.63, 3.8) is 0 Å². The third-order valence-corrected chi connectivity index (χ3v) is 39.5. The average Bonchev–Trinajstić information content (AvgIpc) is 0.936. The maximum absolute atomic E-state index is 5.40. The van der Waals surface area contributed by atoms with Crippen molar-refractivity contribution in [1.29, 1.82) is 0 Å². The Morgan fingerprint density at radius 1 is 0.0840 bits per heavy atom. The monoisotopic (exact) mass is 1930 g/mol. The number of rotatable bonds is 64. The lowest BCUT2D eigenvalue weighted by atomic mass is 10.9.